The number of aryl methyl sites for hydroxylation is 3. The van der Waals surface area contributed by atoms with Gasteiger partial charge in [0.05, 0.1) is 5.25 Å². The molecule has 0 bridgehead atoms. The van der Waals surface area contributed by atoms with Crippen LogP contribution in [0.5, 0.6) is 0 Å². The SMILES string of the molecule is Cc1cc(C)c(NC(=O)[C@H](C)Sc2nnc(Nc3cccc(F)c3)s2)c(C)c1. The van der Waals surface area contributed by atoms with Crippen LogP contribution in [-0.4, -0.2) is 21.4 Å². The summed E-state index contributed by atoms with van der Waals surface area (Å²) < 4.78 is 13.9. The summed E-state index contributed by atoms with van der Waals surface area (Å²) in [4.78, 5) is 12.6. The molecule has 0 unspecified atom stereocenters. The second-order valence-corrected chi connectivity index (χ2v) is 9.10. The Morgan fingerprint density at radius 3 is 2.54 bits per heavy atom. The average molecular weight is 417 g/mol. The second-order valence-electron chi connectivity index (χ2n) is 6.53. The molecule has 0 fully saturated rings. The normalized spacial score (nSPS) is 11.9. The van der Waals surface area contributed by atoms with Crippen LogP contribution < -0.4 is 10.6 Å². The van der Waals surface area contributed by atoms with Gasteiger partial charge in [-0.3, -0.25) is 4.79 Å². The first-order valence-corrected chi connectivity index (χ1v) is 10.4. The van der Waals surface area contributed by atoms with Gasteiger partial charge >= 0.3 is 0 Å². The summed E-state index contributed by atoms with van der Waals surface area (Å²) in [6, 6.07) is 10.2. The van der Waals surface area contributed by atoms with Gasteiger partial charge < -0.3 is 10.6 Å². The predicted molar refractivity (Wildman–Crippen MR) is 114 cm³/mol. The minimum Gasteiger partial charge on any atom is -0.330 e. The molecule has 28 heavy (non-hydrogen) atoms. The summed E-state index contributed by atoms with van der Waals surface area (Å²) in [6.45, 7) is 7.85. The van der Waals surface area contributed by atoms with E-state index in [4.69, 9.17) is 0 Å². The van der Waals surface area contributed by atoms with E-state index in [2.05, 4.69) is 33.0 Å². The first-order valence-electron chi connectivity index (χ1n) is 8.73. The molecule has 1 atom stereocenters. The minimum absolute atomic E-state index is 0.0881. The van der Waals surface area contributed by atoms with Crippen molar-refractivity contribution >= 4 is 45.5 Å². The van der Waals surface area contributed by atoms with E-state index < -0.39 is 0 Å². The summed E-state index contributed by atoms with van der Waals surface area (Å²) in [5.74, 6) is -0.411. The maximum atomic E-state index is 13.3. The Hall–Kier alpha value is -2.45. The highest BCUT2D eigenvalue weighted by Gasteiger charge is 2.19. The number of rotatable bonds is 6. The molecule has 2 aromatic carbocycles. The maximum absolute atomic E-state index is 13.3. The largest absolute Gasteiger partial charge is 0.330 e. The van der Waals surface area contributed by atoms with Crippen molar-refractivity contribution in [1.82, 2.24) is 10.2 Å². The Labute approximate surface area is 171 Å². The lowest BCUT2D eigenvalue weighted by Crippen LogP contribution is -2.23. The van der Waals surface area contributed by atoms with Crippen LogP contribution in [0.3, 0.4) is 0 Å². The van der Waals surface area contributed by atoms with Gasteiger partial charge in [0.2, 0.25) is 11.0 Å². The van der Waals surface area contributed by atoms with Gasteiger partial charge in [0, 0.05) is 11.4 Å². The lowest BCUT2D eigenvalue weighted by atomic mass is 10.1. The number of nitrogens with one attached hydrogen (secondary N) is 2. The van der Waals surface area contributed by atoms with Gasteiger partial charge in [-0.1, -0.05) is 46.9 Å². The van der Waals surface area contributed by atoms with Crippen LogP contribution >= 0.6 is 23.1 Å². The molecule has 0 spiro atoms. The molecule has 0 aliphatic rings. The molecule has 146 valence electrons. The standard InChI is InChI=1S/C20H21FN4OS2/c1-11-8-12(2)17(13(3)9-11)23-18(26)14(4)27-20-25-24-19(28-20)22-16-7-5-6-15(21)10-16/h5-10,14H,1-4H3,(H,22,24)(H,23,26)/t14-/m0/s1. The summed E-state index contributed by atoms with van der Waals surface area (Å²) in [7, 11) is 0. The van der Waals surface area contributed by atoms with E-state index in [0.717, 1.165) is 16.8 Å². The minimum atomic E-state index is -0.338. The summed E-state index contributed by atoms with van der Waals surface area (Å²) >= 11 is 2.66. The second kappa shape index (κ2) is 8.70. The number of carbonyl (C=O) groups excluding carboxylic acids is 1. The number of aromatic nitrogens is 2. The average Bonchev–Trinajstić information content (AvgIpc) is 3.04. The molecule has 0 saturated carbocycles. The molecular weight excluding hydrogens is 395 g/mol. The lowest BCUT2D eigenvalue weighted by molar-refractivity contribution is -0.115. The van der Waals surface area contributed by atoms with Crippen LogP contribution in [0.15, 0.2) is 40.7 Å². The topological polar surface area (TPSA) is 66.9 Å². The number of benzene rings is 2. The van der Waals surface area contributed by atoms with Gasteiger partial charge in [0.15, 0.2) is 4.34 Å². The van der Waals surface area contributed by atoms with Crippen molar-refractivity contribution in [2.45, 2.75) is 37.3 Å². The molecular formula is C20H21FN4OS2. The Bertz CT molecular complexity index is 982. The molecule has 1 heterocycles. The van der Waals surface area contributed by atoms with Crippen LogP contribution in [0.2, 0.25) is 0 Å². The zero-order chi connectivity index (χ0) is 20.3. The fourth-order valence-electron chi connectivity index (χ4n) is 2.80. The van der Waals surface area contributed by atoms with E-state index in [1.807, 2.05) is 27.7 Å². The number of amides is 1. The van der Waals surface area contributed by atoms with E-state index in [0.29, 0.717) is 15.2 Å². The van der Waals surface area contributed by atoms with Crippen molar-refractivity contribution in [3.05, 3.63) is 58.9 Å². The van der Waals surface area contributed by atoms with Gasteiger partial charge in [-0.05, 0) is 57.0 Å². The third-order valence-corrected chi connectivity index (χ3v) is 6.08. The zero-order valence-corrected chi connectivity index (χ0v) is 17.7. The highest BCUT2D eigenvalue weighted by molar-refractivity contribution is 8.02. The number of thioether (sulfide) groups is 1. The molecule has 8 heteroatoms. The highest BCUT2D eigenvalue weighted by atomic mass is 32.2. The van der Waals surface area contributed by atoms with E-state index >= 15 is 0 Å². The van der Waals surface area contributed by atoms with Gasteiger partial charge in [-0.15, -0.1) is 10.2 Å². The van der Waals surface area contributed by atoms with Gasteiger partial charge in [-0.2, -0.15) is 0 Å². The molecule has 1 aromatic heterocycles. The Balaban J connectivity index is 1.62. The third-order valence-electron chi connectivity index (χ3n) is 4.05. The summed E-state index contributed by atoms with van der Waals surface area (Å²) in [6.07, 6.45) is 0. The van der Waals surface area contributed by atoms with E-state index in [-0.39, 0.29) is 17.0 Å². The first kappa shape index (κ1) is 20.3. The van der Waals surface area contributed by atoms with Crippen molar-refractivity contribution in [3.8, 4) is 0 Å². The monoisotopic (exact) mass is 416 g/mol. The van der Waals surface area contributed by atoms with Crippen molar-refractivity contribution in [3.63, 3.8) is 0 Å². The van der Waals surface area contributed by atoms with Crippen LogP contribution in [0.25, 0.3) is 0 Å². The number of halogens is 1. The maximum Gasteiger partial charge on any atom is 0.237 e. The van der Waals surface area contributed by atoms with Crippen molar-refractivity contribution in [1.29, 1.82) is 0 Å². The smallest absolute Gasteiger partial charge is 0.237 e. The van der Waals surface area contributed by atoms with Crippen molar-refractivity contribution in [2.24, 2.45) is 0 Å². The summed E-state index contributed by atoms with van der Waals surface area (Å²) in [5, 5.41) is 14.4. The number of anilines is 3. The van der Waals surface area contributed by atoms with Gasteiger partial charge in [0.25, 0.3) is 0 Å². The molecule has 5 nitrogen and oxygen atoms in total. The van der Waals surface area contributed by atoms with E-state index in [1.165, 1.54) is 40.8 Å². The lowest BCUT2D eigenvalue weighted by Gasteiger charge is -2.15. The first-order chi connectivity index (χ1) is 13.3. The van der Waals surface area contributed by atoms with Crippen molar-refractivity contribution in [2.75, 3.05) is 10.6 Å². The number of hydrogen-bond donors (Lipinski definition) is 2. The van der Waals surface area contributed by atoms with Crippen LogP contribution in [0.1, 0.15) is 23.6 Å². The van der Waals surface area contributed by atoms with Crippen molar-refractivity contribution < 1.29 is 9.18 Å². The Kier molecular flexibility index (Phi) is 6.31. The van der Waals surface area contributed by atoms with Gasteiger partial charge in [-0.25, -0.2) is 4.39 Å². The molecule has 0 saturated heterocycles. The zero-order valence-electron chi connectivity index (χ0n) is 16.0. The van der Waals surface area contributed by atoms with Crippen LogP contribution in [0.4, 0.5) is 20.9 Å². The molecule has 0 aliphatic heterocycles. The number of nitrogens with zero attached hydrogens (tertiary/aromatic N) is 2. The molecule has 2 N–H and O–H groups in total. The molecule has 3 rings (SSSR count). The van der Waals surface area contributed by atoms with Gasteiger partial charge in [0.1, 0.15) is 5.82 Å². The molecule has 0 radical (unpaired) electrons. The fraction of sp³-hybridized carbons (Fsp3) is 0.250. The predicted octanol–water partition coefficient (Wildman–Crippen LogP) is 5.47. The molecule has 0 aliphatic carbocycles. The van der Waals surface area contributed by atoms with Crippen LogP contribution in [0, 0.1) is 26.6 Å². The number of hydrogen-bond acceptors (Lipinski definition) is 6. The number of carbonyl (C=O) groups is 1. The van der Waals surface area contributed by atoms with E-state index in [1.54, 1.807) is 12.1 Å². The Morgan fingerprint density at radius 2 is 1.86 bits per heavy atom. The molecule has 3 aromatic rings. The quantitative estimate of drug-likeness (QED) is 0.522. The van der Waals surface area contributed by atoms with Crippen LogP contribution in [-0.2, 0) is 4.79 Å². The third kappa shape index (κ3) is 5.08. The summed E-state index contributed by atoms with van der Waals surface area (Å²) in [5.41, 5.74) is 4.71. The Morgan fingerprint density at radius 1 is 1.14 bits per heavy atom. The molecule has 1 amide bonds. The fourth-order valence-corrected chi connectivity index (χ4v) is 4.72. The highest BCUT2D eigenvalue weighted by Crippen LogP contribution is 2.31. The van der Waals surface area contributed by atoms with E-state index in [9.17, 15) is 9.18 Å².